The molecule has 0 spiro atoms. The van der Waals surface area contributed by atoms with Gasteiger partial charge >= 0.3 is 0 Å². The van der Waals surface area contributed by atoms with Gasteiger partial charge in [0.05, 0.1) is 18.8 Å². The lowest BCUT2D eigenvalue weighted by molar-refractivity contribution is -0.0255. The maximum absolute atomic E-state index is 5.72. The van der Waals surface area contributed by atoms with E-state index in [0.29, 0.717) is 6.61 Å². The van der Waals surface area contributed by atoms with Crippen LogP contribution in [0, 0.1) is 0 Å². The van der Waals surface area contributed by atoms with Gasteiger partial charge < -0.3 is 14.8 Å². The zero-order chi connectivity index (χ0) is 11.8. The highest BCUT2D eigenvalue weighted by Crippen LogP contribution is 2.06. The van der Waals surface area contributed by atoms with Gasteiger partial charge in [0.1, 0.15) is 0 Å². The Kier molecular flexibility index (Phi) is 5.90. The predicted octanol–water partition coefficient (Wildman–Crippen LogP) is 2.54. The minimum absolute atomic E-state index is 0.137. The van der Waals surface area contributed by atoms with Crippen molar-refractivity contribution in [1.82, 2.24) is 0 Å². The zero-order valence-corrected chi connectivity index (χ0v) is 10.3. The van der Waals surface area contributed by atoms with Gasteiger partial charge in [0.2, 0.25) is 0 Å². The van der Waals surface area contributed by atoms with Crippen molar-refractivity contribution >= 4 is 5.69 Å². The molecule has 2 atom stereocenters. The van der Waals surface area contributed by atoms with Crippen molar-refractivity contribution in [2.75, 3.05) is 25.6 Å². The van der Waals surface area contributed by atoms with E-state index in [-0.39, 0.29) is 12.2 Å². The lowest BCUT2D eigenvalue weighted by Gasteiger charge is -2.19. The van der Waals surface area contributed by atoms with Crippen molar-refractivity contribution in [3.63, 3.8) is 0 Å². The molecule has 0 saturated heterocycles. The second-order valence-corrected chi connectivity index (χ2v) is 3.96. The molecule has 0 aromatic heterocycles. The Labute approximate surface area is 97.8 Å². The summed E-state index contributed by atoms with van der Waals surface area (Å²) in [7, 11) is 1.69. The molecule has 0 radical (unpaired) electrons. The minimum atomic E-state index is 0.137. The van der Waals surface area contributed by atoms with Gasteiger partial charge in [-0.1, -0.05) is 18.2 Å². The van der Waals surface area contributed by atoms with E-state index >= 15 is 0 Å². The molecule has 1 N–H and O–H groups in total. The number of benzene rings is 1. The van der Waals surface area contributed by atoms with Crippen LogP contribution in [0.2, 0.25) is 0 Å². The number of anilines is 1. The normalized spacial score (nSPS) is 14.4. The Morgan fingerprint density at radius 1 is 1.12 bits per heavy atom. The average Bonchev–Trinajstić information content (AvgIpc) is 2.28. The molecule has 90 valence electrons. The van der Waals surface area contributed by atoms with Crippen LogP contribution < -0.4 is 5.32 Å². The Hall–Kier alpha value is -1.06. The molecule has 0 aliphatic carbocycles. The molecule has 2 unspecified atom stereocenters. The van der Waals surface area contributed by atoms with Crippen LogP contribution in [0.15, 0.2) is 30.3 Å². The summed E-state index contributed by atoms with van der Waals surface area (Å²) in [6, 6.07) is 10.1. The molecule has 0 aliphatic rings. The summed E-state index contributed by atoms with van der Waals surface area (Å²) in [5, 5.41) is 3.33. The van der Waals surface area contributed by atoms with E-state index in [0.717, 1.165) is 12.2 Å². The second kappa shape index (κ2) is 7.25. The molecular weight excluding hydrogens is 202 g/mol. The van der Waals surface area contributed by atoms with Crippen LogP contribution >= 0.6 is 0 Å². The summed E-state index contributed by atoms with van der Waals surface area (Å²) in [6.07, 6.45) is 0.308. The second-order valence-electron chi connectivity index (χ2n) is 3.96. The van der Waals surface area contributed by atoms with Crippen molar-refractivity contribution in [1.29, 1.82) is 0 Å². The van der Waals surface area contributed by atoms with Crippen LogP contribution in [0.5, 0.6) is 0 Å². The lowest BCUT2D eigenvalue weighted by atomic mass is 10.3. The topological polar surface area (TPSA) is 30.5 Å². The molecular formula is C13H21NO2. The molecule has 3 nitrogen and oxygen atoms in total. The van der Waals surface area contributed by atoms with E-state index in [9.17, 15) is 0 Å². The fraction of sp³-hybridized carbons (Fsp3) is 0.538. The molecule has 0 heterocycles. The van der Waals surface area contributed by atoms with Gasteiger partial charge in [-0.25, -0.2) is 0 Å². The van der Waals surface area contributed by atoms with Crippen molar-refractivity contribution in [2.45, 2.75) is 26.1 Å². The molecule has 0 saturated carbocycles. The van der Waals surface area contributed by atoms with Crippen molar-refractivity contribution < 1.29 is 9.47 Å². The maximum atomic E-state index is 5.72. The van der Waals surface area contributed by atoms with Gasteiger partial charge in [-0.15, -0.1) is 0 Å². The van der Waals surface area contributed by atoms with Crippen LogP contribution in [-0.4, -0.2) is 32.5 Å². The number of hydrogen-bond acceptors (Lipinski definition) is 3. The molecule has 16 heavy (non-hydrogen) atoms. The van der Waals surface area contributed by atoms with Gasteiger partial charge in [-0.05, 0) is 26.0 Å². The Morgan fingerprint density at radius 2 is 1.81 bits per heavy atom. The first-order chi connectivity index (χ1) is 7.72. The number of nitrogens with one attached hydrogen (secondary N) is 1. The first kappa shape index (κ1) is 13.0. The Balaban J connectivity index is 2.22. The predicted molar refractivity (Wildman–Crippen MR) is 66.8 cm³/mol. The lowest BCUT2D eigenvalue weighted by Crippen LogP contribution is -2.26. The number of para-hydroxylation sites is 1. The third kappa shape index (κ3) is 5.14. The smallest absolute Gasteiger partial charge is 0.0784 e. The quantitative estimate of drug-likeness (QED) is 0.770. The highest BCUT2D eigenvalue weighted by Gasteiger charge is 2.07. The third-order valence-electron chi connectivity index (χ3n) is 2.23. The van der Waals surface area contributed by atoms with Crippen molar-refractivity contribution in [2.24, 2.45) is 0 Å². The molecule has 3 heteroatoms. The number of methoxy groups -OCH3 is 1. The minimum Gasteiger partial charge on any atom is -0.382 e. The van der Waals surface area contributed by atoms with E-state index in [1.807, 2.05) is 37.3 Å². The zero-order valence-electron chi connectivity index (χ0n) is 10.3. The third-order valence-corrected chi connectivity index (χ3v) is 2.23. The van der Waals surface area contributed by atoms with Gasteiger partial charge in [-0.3, -0.25) is 0 Å². The molecule has 1 aromatic rings. The van der Waals surface area contributed by atoms with E-state index in [1.165, 1.54) is 0 Å². The number of ether oxygens (including phenoxy) is 2. The monoisotopic (exact) mass is 223 g/mol. The molecule has 0 aliphatic heterocycles. The average molecular weight is 223 g/mol. The summed E-state index contributed by atoms with van der Waals surface area (Å²) in [6.45, 7) is 5.51. The van der Waals surface area contributed by atoms with Crippen LogP contribution in [0.4, 0.5) is 5.69 Å². The van der Waals surface area contributed by atoms with Crippen LogP contribution in [0.1, 0.15) is 13.8 Å². The summed E-state index contributed by atoms with van der Waals surface area (Å²) < 4.78 is 10.7. The number of rotatable bonds is 7. The van der Waals surface area contributed by atoms with Gasteiger partial charge in [0.15, 0.2) is 0 Å². The largest absolute Gasteiger partial charge is 0.382 e. The molecule has 1 rings (SSSR count). The Bertz CT molecular complexity index is 277. The molecule has 0 bridgehead atoms. The van der Waals surface area contributed by atoms with Crippen LogP contribution in [-0.2, 0) is 9.47 Å². The highest BCUT2D eigenvalue weighted by molar-refractivity contribution is 5.42. The van der Waals surface area contributed by atoms with Gasteiger partial charge in [0, 0.05) is 19.3 Å². The SMILES string of the molecule is COCC(C)OC(C)CNc1ccccc1. The first-order valence-electron chi connectivity index (χ1n) is 5.65. The summed E-state index contributed by atoms with van der Waals surface area (Å²) in [4.78, 5) is 0. The molecule has 0 amide bonds. The Morgan fingerprint density at radius 3 is 2.44 bits per heavy atom. The van der Waals surface area contributed by atoms with E-state index in [2.05, 4.69) is 12.2 Å². The molecule has 1 aromatic carbocycles. The fourth-order valence-corrected chi connectivity index (χ4v) is 1.54. The summed E-state index contributed by atoms with van der Waals surface area (Å²) in [5.74, 6) is 0. The highest BCUT2D eigenvalue weighted by atomic mass is 16.5. The van der Waals surface area contributed by atoms with Crippen molar-refractivity contribution in [3.05, 3.63) is 30.3 Å². The van der Waals surface area contributed by atoms with E-state index < -0.39 is 0 Å². The van der Waals surface area contributed by atoms with E-state index in [1.54, 1.807) is 7.11 Å². The summed E-state index contributed by atoms with van der Waals surface area (Å²) >= 11 is 0. The van der Waals surface area contributed by atoms with Crippen LogP contribution in [0.25, 0.3) is 0 Å². The molecule has 0 fully saturated rings. The summed E-state index contributed by atoms with van der Waals surface area (Å²) in [5.41, 5.74) is 1.12. The number of hydrogen-bond donors (Lipinski definition) is 1. The fourth-order valence-electron chi connectivity index (χ4n) is 1.54. The van der Waals surface area contributed by atoms with Crippen LogP contribution in [0.3, 0.4) is 0 Å². The van der Waals surface area contributed by atoms with Crippen molar-refractivity contribution in [3.8, 4) is 0 Å². The maximum Gasteiger partial charge on any atom is 0.0784 e. The van der Waals surface area contributed by atoms with E-state index in [4.69, 9.17) is 9.47 Å². The standard InChI is InChI=1S/C13H21NO2/c1-11(16-12(2)10-15-3)9-14-13-7-5-4-6-8-13/h4-8,11-12,14H,9-10H2,1-3H3. The van der Waals surface area contributed by atoms with Gasteiger partial charge in [-0.2, -0.15) is 0 Å². The first-order valence-corrected chi connectivity index (χ1v) is 5.65. The van der Waals surface area contributed by atoms with Gasteiger partial charge in [0.25, 0.3) is 0 Å².